The van der Waals surface area contributed by atoms with Crippen LogP contribution in [0.2, 0.25) is 0 Å². The lowest BCUT2D eigenvalue weighted by molar-refractivity contribution is 0.0186. The maximum absolute atomic E-state index is 13.8. The number of aliphatic imine (C=N–C) groups is 1. The Kier molecular flexibility index (Phi) is 6.62. The summed E-state index contributed by atoms with van der Waals surface area (Å²) >= 11 is 0. The predicted octanol–water partition coefficient (Wildman–Crippen LogP) is 2.94. The summed E-state index contributed by atoms with van der Waals surface area (Å²) in [7, 11) is 0. The Morgan fingerprint density at radius 1 is 1.22 bits per heavy atom. The maximum Gasteiger partial charge on any atom is 0.410 e. The smallest absolute Gasteiger partial charge is 0.410 e. The lowest BCUT2D eigenvalue weighted by atomic mass is 10.0. The van der Waals surface area contributed by atoms with Crippen LogP contribution in [0.3, 0.4) is 0 Å². The molecule has 2 rings (SSSR count). The van der Waals surface area contributed by atoms with Gasteiger partial charge in [-0.05, 0) is 32.4 Å². The fraction of sp³-hybridized carbons (Fsp3) is 0.579. The van der Waals surface area contributed by atoms with E-state index in [0.29, 0.717) is 44.2 Å². The number of rotatable bonds is 3. The van der Waals surface area contributed by atoms with Crippen LogP contribution in [0, 0.1) is 11.6 Å². The molecule has 0 aliphatic carbocycles. The van der Waals surface area contributed by atoms with Crippen LogP contribution in [0.25, 0.3) is 0 Å². The monoisotopic (exact) mass is 382 g/mol. The molecule has 1 aliphatic heterocycles. The highest BCUT2D eigenvalue weighted by atomic mass is 19.1. The van der Waals surface area contributed by atoms with E-state index in [4.69, 9.17) is 10.5 Å². The Balaban J connectivity index is 1.87. The summed E-state index contributed by atoms with van der Waals surface area (Å²) in [5.74, 6) is -1.06. The van der Waals surface area contributed by atoms with Gasteiger partial charge in [-0.15, -0.1) is 0 Å². The summed E-state index contributed by atoms with van der Waals surface area (Å²) in [4.78, 5) is 19.9. The van der Waals surface area contributed by atoms with E-state index >= 15 is 0 Å². The van der Waals surface area contributed by atoms with Gasteiger partial charge in [0.25, 0.3) is 0 Å². The topological polar surface area (TPSA) is 71.2 Å². The summed E-state index contributed by atoms with van der Waals surface area (Å²) < 4.78 is 32.2. The van der Waals surface area contributed by atoms with Gasteiger partial charge in [-0.3, -0.25) is 4.99 Å². The van der Waals surface area contributed by atoms with Crippen molar-refractivity contribution in [3.63, 3.8) is 0 Å². The molecule has 1 atom stereocenters. The lowest BCUT2D eigenvalue weighted by Crippen LogP contribution is -2.53. The highest BCUT2D eigenvalue weighted by Gasteiger charge is 2.26. The van der Waals surface area contributed by atoms with Crippen LogP contribution >= 0.6 is 0 Å². The van der Waals surface area contributed by atoms with Crippen molar-refractivity contribution < 1.29 is 18.3 Å². The summed E-state index contributed by atoms with van der Waals surface area (Å²) in [6, 6.07) is 3.54. The van der Waals surface area contributed by atoms with Gasteiger partial charge < -0.3 is 20.3 Å². The molecule has 1 fully saturated rings. The summed E-state index contributed by atoms with van der Waals surface area (Å²) in [6.07, 6.45) is -0.335. The minimum absolute atomic E-state index is 0.229. The van der Waals surface area contributed by atoms with Gasteiger partial charge in [0.1, 0.15) is 17.2 Å². The molecule has 8 heteroatoms. The molecule has 1 amide bonds. The molecule has 0 aromatic heterocycles. The van der Waals surface area contributed by atoms with E-state index in [2.05, 4.69) is 4.99 Å². The molecule has 6 nitrogen and oxygen atoms in total. The van der Waals surface area contributed by atoms with E-state index in [9.17, 15) is 13.6 Å². The number of hydrogen-bond acceptors (Lipinski definition) is 3. The van der Waals surface area contributed by atoms with E-state index in [0.717, 1.165) is 6.07 Å². The van der Waals surface area contributed by atoms with Crippen molar-refractivity contribution in [3.05, 3.63) is 35.4 Å². The van der Waals surface area contributed by atoms with Crippen molar-refractivity contribution in [1.29, 1.82) is 0 Å². The molecule has 27 heavy (non-hydrogen) atoms. The molecule has 0 saturated carbocycles. The number of carbonyl (C=O) groups is 1. The number of carbonyl (C=O) groups excluding carboxylic acids is 1. The summed E-state index contributed by atoms with van der Waals surface area (Å²) in [5, 5.41) is 0. The second-order valence-electron chi connectivity index (χ2n) is 7.72. The second-order valence-corrected chi connectivity index (χ2v) is 7.72. The second kappa shape index (κ2) is 8.54. The first-order chi connectivity index (χ1) is 12.6. The number of halogens is 2. The minimum Gasteiger partial charge on any atom is -0.444 e. The van der Waals surface area contributed by atoms with E-state index in [1.165, 1.54) is 12.1 Å². The molecule has 1 aromatic carbocycles. The van der Waals surface area contributed by atoms with Gasteiger partial charge in [0.05, 0.1) is 0 Å². The van der Waals surface area contributed by atoms with Gasteiger partial charge >= 0.3 is 6.09 Å². The van der Waals surface area contributed by atoms with Crippen LogP contribution in [0.5, 0.6) is 0 Å². The first kappa shape index (κ1) is 20.9. The van der Waals surface area contributed by atoms with Gasteiger partial charge in [0.15, 0.2) is 5.96 Å². The molecule has 1 aliphatic rings. The van der Waals surface area contributed by atoms with Gasteiger partial charge in [0.2, 0.25) is 0 Å². The van der Waals surface area contributed by atoms with Crippen LogP contribution in [0.4, 0.5) is 13.6 Å². The standard InChI is InChI=1S/C19H28F2N4O2/c1-13(15-6-5-14(20)11-16(15)21)12-23-17(22)24-7-9-25(10-8-24)18(26)27-19(2,3)4/h5-6,11,13H,7-10,12H2,1-4H3,(H2,22,23). The molecule has 150 valence electrons. The van der Waals surface area contributed by atoms with E-state index < -0.39 is 17.2 Å². The number of benzene rings is 1. The van der Waals surface area contributed by atoms with Crippen molar-refractivity contribution >= 4 is 12.1 Å². The lowest BCUT2D eigenvalue weighted by Gasteiger charge is -2.36. The molecule has 1 aromatic rings. The Labute approximate surface area is 159 Å². The van der Waals surface area contributed by atoms with Crippen LogP contribution in [-0.4, -0.2) is 60.2 Å². The van der Waals surface area contributed by atoms with Crippen molar-refractivity contribution in [1.82, 2.24) is 9.80 Å². The van der Waals surface area contributed by atoms with E-state index in [-0.39, 0.29) is 12.0 Å². The van der Waals surface area contributed by atoms with Crippen molar-refractivity contribution in [2.75, 3.05) is 32.7 Å². The third-order valence-electron chi connectivity index (χ3n) is 4.28. The molecule has 0 spiro atoms. The van der Waals surface area contributed by atoms with Gasteiger partial charge in [0, 0.05) is 44.7 Å². The number of amides is 1. The number of piperazine rings is 1. The number of nitrogens with two attached hydrogens (primary N) is 1. The fourth-order valence-electron chi connectivity index (χ4n) is 2.77. The predicted molar refractivity (Wildman–Crippen MR) is 101 cm³/mol. The van der Waals surface area contributed by atoms with Gasteiger partial charge in [-0.2, -0.15) is 0 Å². The van der Waals surface area contributed by atoms with Crippen LogP contribution in [0.15, 0.2) is 23.2 Å². The first-order valence-electron chi connectivity index (χ1n) is 9.04. The highest BCUT2D eigenvalue weighted by molar-refractivity contribution is 5.78. The fourth-order valence-corrected chi connectivity index (χ4v) is 2.77. The number of ether oxygens (including phenoxy) is 1. The average molecular weight is 382 g/mol. The zero-order chi connectivity index (χ0) is 20.2. The van der Waals surface area contributed by atoms with Gasteiger partial charge in [-0.1, -0.05) is 13.0 Å². The first-order valence-corrected chi connectivity index (χ1v) is 9.04. The molecular formula is C19H28F2N4O2. The molecule has 2 N–H and O–H groups in total. The Morgan fingerprint density at radius 3 is 2.37 bits per heavy atom. The molecule has 0 radical (unpaired) electrons. The van der Waals surface area contributed by atoms with Gasteiger partial charge in [-0.25, -0.2) is 13.6 Å². The Morgan fingerprint density at radius 2 is 1.81 bits per heavy atom. The third-order valence-corrected chi connectivity index (χ3v) is 4.28. The average Bonchev–Trinajstić information content (AvgIpc) is 2.58. The van der Waals surface area contributed by atoms with Crippen molar-refractivity contribution in [2.45, 2.75) is 39.2 Å². The third kappa shape index (κ3) is 6.08. The van der Waals surface area contributed by atoms with Crippen molar-refractivity contribution in [3.8, 4) is 0 Å². The van der Waals surface area contributed by atoms with Crippen LogP contribution < -0.4 is 5.73 Å². The summed E-state index contributed by atoms with van der Waals surface area (Å²) in [6.45, 7) is 9.68. The molecule has 0 bridgehead atoms. The zero-order valence-electron chi connectivity index (χ0n) is 16.3. The SMILES string of the molecule is CC(CN=C(N)N1CCN(C(=O)OC(C)(C)C)CC1)c1ccc(F)cc1F. The Bertz CT molecular complexity index is 695. The van der Waals surface area contributed by atoms with Crippen LogP contribution in [-0.2, 0) is 4.74 Å². The molecule has 1 saturated heterocycles. The minimum atomic E-state index is -0.602. The largest absolute Gasteiger partial charge is 0.444 e. The van der Waals surface area contributed by atoms with Crippen LogP contribution in [0.1, 0.15) is 39.2 Å². The molecule has 1 heterocycles. The summed E-state index contributed by atoms with van der Waals surface area (Å²) in [5.41, 5.74) is 5.93. The maximum atomic E-state index is 13.8. The molecule has 1 unspecified atom stereocenters. The number of nitrogens with zero attached hydrogens (tertiary/aromatic N) is 3. The highest BCUT2D eigenvalue weighted by Crippen LogP contribution is 2.20. The normalized spacial score (nSPS) is 17.0. The van der Waals surface area contributed by atoms with E-state index in [1.54, 1.807) is 4.90 Å². The van der Waals surface area contributed by atoms with E-state index in [1.807, 2.05) is 32.6 Å². The Hall–Kier alpha value is -2.38. The molecular weight excluding hydrogens is 354 g/mol. The number of guanidine groups is 1. The van der Waals surface area contributed by atoms with Crippen molar-refractivity contribution in [2.24, 2.45) is 10.7 Å². The quantitative estimate of drug-likeness (QED) is 0.645. The number of hydrogen-bond donors (Lipinski definition) is 1. The zero-order valence-corrected chi connectivity index (χ0v) is 16.3.